The highest BCUT2D eigenvalue weighted by atomic mass is 32.2. The Morgan fingerprint density at radius 2 is 1.52 bits per heavy atom. The summed E-state index contributed by atoms with van der Waals surface area (Å²) in [7, 11) is -4.00. The third-order valence-electron chi connectivity index (χ3n) is 4.52. The third kappa shape index (κ3) is 4.55. The molecule has 1 fully saturated rings. The van der Waals surface area contributed by atoms with Gasteiger partial charge in [0, 0.05) is 5.92 Å². The number of carbonyl (C=O) groups is 2. The molecule has 148 valence electrons. The van der Waals surface area contributed by atoms with Crippen LogP contribution >= 0.6 is 11.3 Å². The molecule has 0 unspecified atom stereocenters. The normalized spacial score (nSPS) is 13.7. The average molecular weight is 427 g/mol. The van der Waals surface area contributed by atoms with Crippen LogP contribution in [0.15, 0.2) is 71.6 Å². The monoisotopic (exact) mass is 426 g/mol. The first kappa shape index (κ1) is 19.4. The molecule has 8 heteroatoms. The molecule has 0 aliphatic heterocycles. The van der Waals surface area contributed by atoms with E-state index in [4.69, 9.17) is 0 Å². The summed E-state index contributed by atoms with van der Waals surface area (Å²) in [5.41, 5.74) is 1.85. The van der Waals surface area contributed by atoms with Crippen molar-refractivity contribution in [2.45, 2.75) is 17.7 Å². The van der Waals surface area contributed by atoms with Crippen LogP contribution in [0.5, 0.6) is 0 Å². The Labute approximate surface area is 172 Å². The molecule has 29 heavy (non-hydrogen) atoms. The van der Waals surface area contributed by atoms with E-state index >= 15 is 0 Å². The second kappa shape index (κ2) is 7.81. The predicted molar refractivity (Wildman–Crippen MR) is 112 cm³/mol. The van der Waals surface area contributed by atoms with Crippen molar-refractivity contribution in [2.75, 3.05) is 5.32 Å². The van der Waals surface area contributed by atoms with Crippen LogP contribution in [0.3, 0.4) is 0 Å². The lowest BCUT2D eigenvalue weighted by Gasteiger charge is -2.07. The Bertz CT molecular complexity index is 1150. The van der Waals surface area contributed by atoms with Gasteiger partial charge in [0.25, 0.3) is 15.9 Å². The van der Waals surface area contributed by atoms with Crippen molar-refractivity contribution >= 4 is 38.2 Å². The van der Waals surface area contributed by atoms with Crippen molar-refractivity contribution in [3.8, 4) is 11.1 Å². The number of hydrogen-bond acceptors (Lipinski definition) is 5. The lowest BCUT2D eigenvalue weighted by Crippen LogP contribution is -2.29. The molecule has 4 rings (SSSR count). The number of hydrogen-bond donors (Lipinski definition) is 2. The van der Waals surface area contributed by atoms with E-state index in [9.17, 15) is 18.0 Å². The van der Waals surface area contributed by atoms with Crippen molar-refractivity contribution in [3.63, 3.8) is 0 Å². The van der Waals surface area contributed by atoms with Crippen LogP contribution in [0.4, 0.5) is 5.00 Å². The number of anilines is 1. The maximum absolute atomic E-state index is 12.5. The van der Waals surface area contributed by atoms with Gasteiger partial charge in [-0.15, -0.1) is 11.3 Å². The summed E-state index contributed by atoms with van der Waals surface area (Å²) in [5, 5.41) is 3.27. The average Bonchev–Trinajstić information content (AvgIpc) is 3.48. The summed E-state index contributed by atoms with van der Waals surface area (Å²) in [5.74, 6) is -0.743. The molecule has 0 spiro atoms. The second-order valence-electron chi connectivity index (χ2n) is 6.75. The Hall–Kier alpha value is -2.97. The number of rotatable bonds is 6. The molecule has 2 amide bonds. The second-order valence-corrected chi connectivity index (χ2v) is 9.52. The number of amides is 2. The summed E-state index contributed by atoms with van der Waals surface area (Å²) < 4.78 is 27.2. The zero-order chi connectivity index (χ0) is 20.4. The van der Waals surface area contributed by atoms with Gasteiger partial charge in [0.15, 0.2) is 0 Å². The van der Waals surface area contributed by atoms with Gasteiger partial charge in [0.1, 0.15) is 0 Å². The van der Waals surface area contributed by atoms with Crippen LogP contribution in [0, 0.1) is 5.92 Å². The molecule has 0 saturated heterocycles. The molecule has 1 saturated carbocycles. The zero-order valence-electron chi connectivity index (χ0n) is 15.3. The maximum atomic E-state index is 12.5. The van der Waals surface area contributed by atoms with Crippen molar-refractivity contribution in [1.82, 2.24) is 4.72 Å². The van der Waals surface area contributed by atoms with Crippen LogP contribution < -0.4 is 10.0 Å². The van der Waals surface area contributed by atoms with E-state index in [-0.39, 0.29) is 21.6 Å². The van der Waals surface area contributed by atoms with Gasteiger partial charge in [-0.3, -0.25) is 9.59 Å². The standard InChI is InChI=1S/C21H18N2O4S2/c24-20(16-6-7-16)22-19-13-12-18(28-19)21(25)23-29(26,27)17-10-8-15(9-11-17)14-4-2-1-3-5-14/h1-5,8-13,16H,6-7H2,(H,22,24)(H,23,25). The number of thiophene rings is 1. The summed E-state index contributed by atoms with van der Waals surface area (Å²) in [6.07, 6.45) is 1.76. The molecule has 1 aromatic heterocycles. The quantitative estimate of drug-likeness (QED) is 0.626. The largest absolute Gasteiger partial charge is 0.317 e. The van der Waals surface area contributed by atoms with Crippen LogP contribution in [0.25, 0.3) is 11.1 Å². The van der Waals surface area contributed by atoms with E-state index in [0.717, 1.165) is 35.3 Å². The van der Waals surface area contributed by atoms with Crippen molar-refractivity contribution in [3.05, 3.63) is 71.6 Å². The Balaban J connectivity index is 1.44. The highest BCUT2D eigenvalue weighted by molar-refractivity contribution is 7.90. The lowest BCUT2D eigenvalue weighted by molar-refractivity contribution is -0.117. The fourth-order valence-electron chi connectivity index (χ4n) is 2.78. The topological polar surface area (TPSA) is 92.3 Å². The predicted octanol–water partition coefficient (Wildman–Crippen LogP) is 3.88. The molecule has 1 aliphatic rings. The minimum absolute atomic E-state index is 0.00402. The molecule has 6 nitrogen and oxygen atoms in total. The van der Waals surface area contributed by atoms with Gasteiger partial charge in [-0.25, -0.2) is 13.1 Å². The van der Waals surface area contributed by atoms with E-state index in [1.807, 2.05) is 30.3 Å². The van der Waals surface area contributed by atoms with E-state index in [0.29, 0.717) is 5.00 Å². The van der Waals surface area contributed by atoms with Crippen LogP contribution in [0.1, 0.15) is 22.5 Å². The SMILES string of the molecule is O=C(NS(=O)(=O)c1ccc(-c2ccccc2)cc1)c1ccc(NC(=O)C2CC2)s1. The van der Waals surface area contributed by atoms with E-state index in [1.165, 1.54) is 18.2 Å². The van der Waals surface area contributed by atoms with Crippen LogP contribution in [-0.4, -0.2) is 20.2 Å². The zero-order valence-corrected chi connectivity index (χ0v) is 16.9. The van der Waals surface area contributed by atoms with Gasteiger partial charge >= 0.3 is 0 Å². The van der Waals surface area contributed by atoms with Gasteiger partial charge in [-0.05, 0) is 48.2 Å². The number of carbonyl (C=O) groups excluding carboxylic acids is 2. The first-order valence-corrected chi connectivity index (χ1v) is 11.4. The molecule has 2 N–H and O–H groups in total. The Morgan fingerprint density at radius 3 is 2.17 bits per heavy atom. The molecule has 0 atom stereocenters. The summed E-state index contributed by atoms with van der Waals surface area (Å²) in [4.78, 5) is 24.4. The van der Waals surface area contributed by atoms with Crippen LogP contribution in [0.2, 0.25) is 0 Å². The molecule has 0 radical (unpaired) electrons. The smallest absolute Gasteiger partial charge is 0.275 e. The molecule has 3 aromatic rings. The highest BCUT2D eigenvalue weighted by Gasteiger charge is 2.30. The molecule has 1 aliphatic carbocycles. The van der Waals surface area contributed by atoms with E-state index in [1.54, 1.807) is 18.2 Å². The molecule has 0 bridgehead atoms. The summed E-state index contributed by atoms with van der Waals surface area (Å²) >= 11 is 1.04. The van der Waals surface area contributed by atoms with Crippen molar-refractivity contribution < 1.29 is 18.0 Å². The lowest BCUT2D eigenvalue weighted by atomic mass is 10.1. The minimum atomic E-state index is -4.00. The Kier molecular flexibility index (Phi) is 5.21. The van der Waals surface area contributed by atoms with Crippen LogP contribution in [-0.2, 0) is 14.8 Å². The molecular weight excluding hydrogens is 408 g/mol. The van der Waals surface area contributed by atoms with Gasteiger partial charge in [-0.2, -0.15) is 0 Å². The fraction of sp³-hybridized carbons (Fsp3) is 0.143. The summed E-state index contributed by atoms with van der Waals surface area (Å²) in [6, 6.07) is 19.0. The molecular formula is C21H18N2O4S2. The Morgan fingerprint density at radius 1 is 0.862 bits per heavy atom. The summed E-state index contributed by atoms with van der Waals surface area (Å²) in [6.45, 7) is 0. The maximum Gasteiger partial charge on any atom is 0.275 e. The van der Waals surface area contributed by atoms with Gasteiger partial charge < -0.3 is 5.32 Å². The number of sulfonamides is 1. The first-order chi connectivity index (χ1) is 13.9. The number of benzene rings is 2. The number of nitrogens with one attached hydrogen (secondary N) is 2. The minimum Gasteiger partial charge on any atom is -0.317 e. The van der Waals surface area contributed by atoms with Crippen molar-refractivity contribution in [1.29, 1.82) is 0 Å². The van der Waals surface area contributed by atoms with Gasteiger partial charge in [0.05, 0.1) is 14.8 Å². The molecule has 2 aromatic carbocycles. The van der Waals surface area contributed by atoms with Gasteiger partial charge in [0.2, 0.25) is 5.91 Å². The third-order valence-corrected chi connectivity index (χ3v) is 6.87. The molecule has 1 heterocycles. The van der Waals surface area contributed by atoms with Crippen molar-refractivity contribution in [2.24, 2.45) is 5.92 Å². The van der Waals surface area contributed by atoms with Gasteiger partial charge in [-0.1, -0.05) is 42.5 Å². The fourth-order valence-corrected chi connectivity index (χ4v) is 4.62. The van der Waals surface area contributed by atoms with E-state index < -0.39 is 15.9 Å². The highest BCUT2D eigenvalue weighted by Crippen LogP contribution is 2.31. The first-order valence-electron chi connectivity index (χ1n) is 9.06. The van der Waals surface area contributed by atoms with E-state index in [2.05, 4.69) is 10.0 Å².